The predicted octanol–water partition coefficient (Wildman–Crippen LogP) is 3.21. The third kappa shape index (κ3) is 4.93. The second-order valence-corrected chi connectivity index (χ2v) is 7.23. The van der Waals surface area contributed by atoms with Crippen LogP contribution in [0.25, 0.3) is 0 Å². The van der Waals surface area contributed by atoms with Crippen molar-refractivity contribution in [1.82, 2.24) is 9.97 Å². The van der Waals surface area contributed by atoms with Gasteiger partial charge in [-0.05, 0) is 6.42 Å². The second-order valence-electron chi connectivity index (χ2n) is 4.27. The van der Waals surface area contributed by atoms with Gasteiger partial charge in [-0.2, -0.15) is 28.5 Å². The van der Waals surface area contributed by atoms with E-state index in [4.69, 9.17) is 11.6 Å². The molecule has 1 aliphatic heterocycles. The Morgan fingerprint density at radius 3 is 3.05 bits per heavy atom. The molecule has 1 aromatic heterocycles. The Bertz CT molecular complexity index is 399. The fourth-order valence-electron chi connectivity index (χ4n) is 1.68. The number of aromatic nitrogens is 2. The molecule has 2 heterocycles. The van der Waals surface area contributed by atoms with E-state index in [9.17, 15) is 0 Å². The number of hydrogen-bond acceptors (Lipinski definition) is 6. The van der Waals surface area contributed by atoms with Crippen LogP contribution in [0.2, 0.25) is 5.02 Å². The predicted molar refractivity (Wildman–Crippen MR) is 87.9 cm³/mol. The lowest BCUT2D eigenvalue weighted by Crippen LogP contribution is -2.23. The lowest BCUT2D eigenvalue weighted by atomic mass is 10.4. The van der Waals surface area contributed by atoms with Crippen LogP contribution in [-0.4, -0.2) is 45.6 Å². The van der Waals surface area contributed by atoms with E-state index < -0.39 is 0 Å². The number of thioether (sulfide) groups is 2. The van der Waals surface area contributed by atoms with Crippen molar-refractivity contribution in [3.05, 3.63) is 11.2 Å². The van der Waals surface area contributed by atoms with Gasteiger partial charge >= 0.3 is 0 Å². The number of nitrogens with one attached hydrogen (secondary N) is 2. The van der Waals surface area contributed by atoms with Crippen LogP contribution in [0.4, 0.5) is 11.8 Å². The minimum Gasteiger partial charge on any atom is -0.368 e. The highest BCUT2D eigenvalue weighted by Crippen LogP contribution is 2.25. The molecule has 1 fully saturated rings. The Hall–Kier alpha value is -0.330. The summed E-state index contributed by atoms with van der Waals surface area (Å²) in [4.78, 5) is 8.58. The fourth-order valence-corrected chi connectivity index (χ4v) is 4.45. The maximum absolute atomic E-state index is 6.12. The van der Waals surface area contributed by atoms with E-state index in [0.29, 0.717) is 16.2 Å². The first-order valence-electron chi connectivity index (χ1n) is 6.49. The monoisotopic (exact) mass is 318 g/mol. The first kappa shape index (κ1) is 15.1. The molecule has 2 rings (SSSR count). The molecular formula is C12H19ClN4S2. The average molecular weight is 319 g/mol. The normalized spacial score (nSPS) is 19.2. The lowest BCUT2D eigenvalue weighted by Gasteiger charge is -2.21. The molecule has 1 aromatic rings. The zero-order valence-electron chi connectivity index (χ0n) is 11.0. The molecule has 0 aliphatic carbocycles. The van der Waals surface area contributed by atoms with E-state index in [0.717, 1.165) is 25.3 Å². The molecule has 4 nitrogen and oxygen atoms in total. The third-order valence-electron chi connectivity index (χ3n) is 2.66. The maximum Gasteiger partial charge on any atom is 0.224 e. The fraction of sp³-hybridized carbons (Fsp3) is 0.667. The first-order chi connectivity index (χ1) is 9.29. The van der Waals surface area contributed by atoms with E-state index in [1.54, 1.807) is 6.20 Å². The minimum atomic E-state index is 0.579. The van der Waals surface area contributed by atoms with Gasteiger partial charge in [0.05, 0.1) is 6.20 Å². The van der Waals surface area contributed by atoms with Gasteiger partial charge in [0.15, 0.2) is 5.82 Å². The average Bonchev–Trinajstić information content (AvgIpc) is 2.46. The van der Waals surface area contributed by atoms with Crippen LogP contribution >= 0.6 is 35.1 Å². The molecule has 19 heavy (non-hydrogen) atoms. The number of hydrogen-bond donors (Lipinski definition) is 2. The van der Waals surface area contributed by atoms with Crippen LogP contribution in [-0.2, 0) is 0 Å². The van der Waals surface area contributed by atoms with Gasteiger partial charge in [-0.3, -0.25) is 0 Å². The molecule has 1 aliphatic rings. The number of anilines is 2. The smallest absolute Gasteiger partial charge is 0.224 e. The molecule has 106 valence electrons. The zero-order valence-corrected chi connectivity index (χ0v) is 13.4. The Morgan fingerprint density at radius 1 is 1.42 bits per heavy atom. The van der Waals surface area contributed by atoms with Gasteiger partial charge in [0.25, 0.3) is 0 Å². The minimum absolute atomic E-state index is 0.579. The molecule has 1 unspecified atom stereocenters. The van der Waals surface area contributed by atoms with Gasteiger partial charge in [0, 0.05) is 35.6 Å². The standard InChI is InChI=1S/C12H19ClN4S2/c1-2-3-14-12-16-7-10(13)11(17-12)15-6-9-8-18-4-5-19-9/h7,9H,2-6,8H2,1H3,(H2,14,15,16,17). The summed E-state index contributed by atoms with van der Waals surface area (Å²) >= 11 is 10.2. The highest BCUT2D eigenvalue weighted by molar-refractivity contribution is 8.06. The molecule has 1 saturated heterocycles. The van der Waals surface area contributed by atoms with Crippen molar-refractivity contribution < 1.29 is 0 Å². The third-order valence-corrected chi connectivity index (χ3v) is 5.78. The van der Waals surface area contributed by atoms with Crippen molar-refractivity contribution in [2.75, 3.05) is 41.0 Å². The van der Waals surface area contributed by atoms with Crippen molar-refractivity contribution in [1.29, 1.82) is 0 Å². The van der Waals surface area contributed by atoms with Gasteiger partial charge in [-0.1, -0.05) is 18.5 Å². The highest BCUT2D eigenvalue weighted by Gasteiger charge is 2.15. The molecule has 0 aromatic carbocycles. The van der Waals surface area contributed by atoms with Crippen molar-refractivity contribution in [2.24, 2.45) is 0 Å². The van der Waals surface area contributed by atoms with E-state index in [-0.39, 0.29) is 0 Å². The van der Waals surface area contributed by atoms with Crippen molar-refractivity contribution in [3.8, 4) is 0 Å². The number of halogens is 1. The highest BCUT2D eigenvalue weighted by atomic mass is 35.5. The summed E-state index contributed by atoms with van der Waals surface area (Å²) in [5.41, 5.74) is 0. The zero-order chi connectivity index (χ0) is 13.5. The van der Waals surface area contributed by atoms with Crippen LogP contribution < -0.4 is 10.6 Å². The van der Waals surface area contributed by atoms with Gasteiger partial charge < -0.3 is 10.6 Å². The Kier molecular flexibility index (Phi) is 6.40. The Balaban J connectivity index is 1.90. The van der Waals surface area contributed by atoms with Crippen LogP contribution in [0, 0.1) is 0 Å². The van der Waals surface area contributed by atoms with Gasteiger partial charge in [-0.25, -0.2) is 4.98 Å². The molecule has 7 heteroatoms. The van der Waals surface area contributed by atoms with E-state index in [1.807, 2.05) is 23.5 Å². The summed E-state index contributed by atoms with van der Waals surface area (Å²) in [5, 5.41) is 7.73. The Labute approximate surface area is 127 Å². The molecule has 0 saturated carbocycles. The maximum atomic E-state index is 6.12. The van der Waals surface area contributed by atoms with Crippen molar-refractivity contribution >= 4 is 46.9 Å². The summed E-state index contributed by atoms with van der Waals surface area (Å²) in [6.07, 6.45) is 2.70. The van der Waals surface area contributed by atoms with Gasteiger partial charge in [0.1, 0.15) is 5.02 Å². The van der Waals surface area contributed by atoms with Crippen LogP contribution in [0.3, 0.4) is 0 Å². The van der Waals surface area contributed by atoms with E-state index in [1.165, 1.54) is 17.3 Å². The summed E-state index contributed by atoms with van der Waals surface area (Å²) < 4.78 is 0. The van der Waals surface area contributed by atoms with Gasteiger partial charge in [-0.15, -0.1) is 0 Å². The van der Waals surface area contributed by atoms with E-state index >= 15 is 0 Å². The van der Waals surface area contributed by atoms with E-state index in [2.05, 4.69) is 27.5 Å². The quantitative estimate of drug-likeness (QED) is 0.840. The van der Waals surface area contributed by atoms with Gasteiger partial charge in [0.2, 0.25) is 5.95 Å². The second kappa shape index (κ2) is 8.07. The molecule has 0 spiro atoms. The number of nitrogens with zero attached hydrogens (tertiary/aromatic N) is 2. The summed E-state index contributed by atoms with van der Waals surface area (Å²) in [6.45, 7) is 3.89. The van der Waals surface area contributed by atoms with Crippen molar-refractivity contribution in [3.63, 3.8) is 0 Å². The molecule has 0 bridgehead atoms. The molecule has 2 N–H and O–H groups in total. The largest absolute Gasteiger partial charge is 0.368 e. The van der Waals surface area contributed by atoms with Crippen LogP contribution in [0.15, 0.2) is 6.20 Å². The first-order valence-corrected chi connectivity index (χ1v) is 9.07. The van der Waals surface area contributed by atoms with Crippen LogP contribution in [0.5, 0.6) is 0 Å². The summed E-state index contributed by atoms with van der Waals surface area (Å²) in [7, 11) is 0. The lowest BCUT2D eigenvalue weighted by molar-refractivity contribution is 0.945. The molecule has 0 amide bonds. The SMILES string of the molecule is CCCNc1ncc(Cl)c(NCC2CSCCS2)n1. The summed E-state index contributed by atoms with van der Waals surface area (Å²) in [5.74, 6) is 5.06. The Morgan fingerprint density at radius 2 is 2.32 bits per heavy atom. The summed E-state index contributed by atoms with van der Waals surface area (Å²) in [6, 6.07) is 0. The molecule has 1 atom stereocenters. The van der Waals surface area contributed by atoms with Crippen molar-refractivity contribution in [2.45, 2.75) is 18.6 Å². The topological polar surface area (TPSA) is 49.8 Å². The van der Waals surface area contributed by atoms with Crippen LogP contribution in [0.1, 0.15) is 13.3 Å². The number of rotatable bonds is 6. The molecular weight excluding hydrogens is 300 g/mol. The molecule has 0 radical (unpaired) electrons.